The smallest absolute Gasteiger partial charge is 0.352 e. The molecule has 0 radical (unpaired) electrons. The third kappa shape index (κ3) is 24.5. The van der Waals surface area contributed by atoms with Gasteiger partial charge in [-0.2, -0.15) is 0 Å². The van der Waals surface area contributed by atoms with Crippen LogP contribution >= 0.6 is 33.2 Å². The van der Waals surface area contributed by atoms with Crippen LogP contribution in [0.2, 0.25) is 6.04 Å². The first-order valence-electron chi connectivity index (χ1n) is 11.2. The quantitative estimate of drug-likeness (QED) is 0.0786. The van der Waals surface area contributed by atoms with Gasteiger partial charge in [-0.05, 0) is 6.42 Å². The van der Waals surface area contributed by atoms with Crippen molar-refractivity contribution >= 4 is 45.2 Å². The zero-order valence-electron chi connectivity index (χ0n) is 17.4. The molecular weight excluding hydrogens is 419 g/mol. The summed E-state index contributed by atoms with van der Waals surface area (Å²) in [6.07, 6.45) is 22.8. The molecule has 0 fully saturated rings. The predicted octanol–water partition coefficient (Wildman–Crippen LogP) is 8.84. The van der Waals surface area contributed by atoms with Gasteiger partial charge < -0.3 is 4.74 Å². The number of unbranched alkanes of at least 4 members (excludes halogenated alkanes) is 16. The summed E-state index contributed by atoms with van der Waals surface area (Å²) in [6.45, 7) is 2.73. The molecular formula is C21H41Cl3O2Si. The average molecular weight is 460 g/mol. The Hall–Kier alpha value is 0.557. The molecule has 0 N–H and O–H groups in total. The molecule has 0 saturated heterocycles. The molecule has 2 nitrogen and oxygen atoms in total. The van der Waals surface area contributed by atoms with E-state index in [1.807, 2.05) is 0 Å². The van der Waals surface area contributed by atoms with Gasteiger partial charge in [0, 0.05) is 0 Å². The molecule has 0 aromatic carbocycles. The first kappa shape index (κ1) is 27.6. The van der Waals surface area contributed by atoms with E-state index in [-0.39, 0.29) is 12.0 Å². The van der Waals surface area contributed by atoms with Gasteiger partial charge in [-0.3, -0.25) is 4.79 Å². The molecule has 0 spiro atoms. The molecule has 0 aromatic heterocycles. The number of halogens is 3. The highest BCUT2D eigenvalue weighted by molar-refractivity contribution is 7.65. The standard InChI is InChI=1S/C21H41Cl3O2Si/c1-2-3-4-5-6-7-8-9-10-11-12-13-14-15-16-17-18-19-26-21(25)20-27(22,23)24/h2-20H2,1H3. The monoisotopic (exact) mass is 458 g/mol. The summed E-state index contributed by atoms with van der Waals surface area (Å²) < 4.78 is 5.08. The van der Waals surface area contributed by atoms with Gasteiger partial charge in [0.1, 0.15) is 0 Å². The number of rotatable bonds is 20. The third-order valence-corrected chi connectivity index (χ3v) is 6.75. The lowest BCUT2D eigenvalue weighted by Gasteiger charge is -2.08. The van der Waals surface area contributed by atoms with Crippen LogP contribution in [0.3, 0.4) is 0 Å². The Morgan fingerprint density at radius 1 is 0.630 bits per heavy atom. The van der Waals surface area contributed by atoms with Crippen LogP contribution in [0.4, 0.5) is 0 Å². The van der Waals surface area contributed by atoms with Gasteiger partial charge in [-0.1, -0.05) is 110 Å². The Bertz CT molecular complexity index is 336. The van der Waals surface area contributed by atoms with Crippen molar-refractivity contribution in [2.75, 3.05) is 6.61 Å². The Balaban J connectivity index is 3.12. The van der Waals surface area contributed by atoms with Gasteiger partial charge >= 0.3 is 12.0 Å². The Labute approximate surface area is 183 Å². The van der Waals surface area contributed by atoms with Crippen molar-refractivity contribution in [3.8, 4) is 0 Å². The fourth-order valence-electron chi connectivity index (χ4n) is 3.23. The summed E-state index contributed by atoms with van der Waals surface area (Å²) in [5.41, 5.74) is 0. The molecule has 0 amide bonds. The van der Waals surface area contributed by atoms with E-state index < -0.39 is 6.00 Å². The Morgan fingerprint density at radius 3 is 1.30 bits per heavy atom. The fraction of sp³-hybridized carbons (Fsp3) is 0.952. The molecule has 6 heteroatoms. The van der Waals surface area contributed by atoms with E-state index in [2.05, 4.69) is 6.92 Å². The van der Waals surface area contributed by atoms with Crippen LogP contribution in [0.1, 0.15) is 116 Å². The molecule has 0 aliphatic carbocycles. The van der Waals surface area contributed by atoms with Crippen molar-refractivity contribution in [1.82, 2.24) is 0 Å². The van der Waals surface area contributed by atoms with E-state index >= 15 is 0 Å². The van der Waals surface area contributed by atoms with Gasteiger partial charge in [0.15, 0.2) is 0 Å². The number of ether oxygens (including phenoxy) is 1. The Morgan fingerprint density at radius 2 is 0.963 bits per heavy atom. The van der Waals surface area contributed by atoms with Gasteiger partial charge in [-0.15, -0.1) is 33.2 Å². The minimum atomic E-state index is -2.89. The molecule has 0 bridgehead atoms. The average Bonchev–Trinajstić information content (AvgIpc) is 2.59. The van der Waals surface area contributed by atoms with E-state index in [1.54, 1.807) is 0 Å². The van der Waals surface area contributed by atoms with Crippen LogP contribution in [-0.2, 0) is 9.53 Å². The summed E-state index contributed by atoms with van der Waals surface area (Å²) in [5.74, 6) is -0.377. The van der Waals surface area contributed by atoms with Crippen LogP contribution in [-0.4, -0.2) is 18.6 Å². The maximum Gasteiger partial charge on any atom is 0.352 e. The van der Waals surface area contributed by atoms with E-state index in [0.717, 1.165) is 12.8 Å². The van der Waals surface area contributed by atoms with Crippen molar-refractivity contribution in [3.05, 3.63) is 0 Å². The van der Waals surface area contributed by atoms with Crippen LogP contribution < -0.4 is 0 Å². The van der Waals surface area contributed by atoms with E-state index in [9.17, 15) is 4.79 Å². The second-order valence-electron chi connectivity index (χ2n) is 7.67. The number of carbonyl (C=O) groups is 1. The lowest BCUT2D eigenvalue weighted by atomic mass is 10.0. The first-order chi connectivity index (χ1) is 13.0. The Kier molecular flexibility index (Phi) is 20.3. The zero-order chi connectivity index (χ0) is 20.2. The molecule has 0 rings (SSSR count). The number of hydrogen-bond acceptors (Lipinski definition) is 2. The van der Waals surface area contributed by atoms with E-state index in [0.29, 0.717) is 6.61 Å². The van der Waals surface area contributed by atoms with E-state index in [4.69, 9.17) is 38.0 Å². The second-order valence-corrected chi connectivity index (χ2v) is 16.8. The normalized spacial score (nSPS) is 11.7. The van der Waals surface area contributed by atoms with Crippen molar-refractivity contribution in [2.24, 2.45) is 0 Å². The summed E-state index contributed by atoms with van der Waals surface area (Å²) in [7, 11) is 0. The predicted molar refractivity (Wildman–Crippen MR) is 123 cm³/mol. The second kappa shape index (κ2) is 19.9. The number of hydrogen-bond donors (Lipinski definition) is 0. The third-order valence-electron chi connectivity index (χ3n) is 4.86. The topological polar surface area (TPSA) is 26.3 Å². The lowest BCUT2D eigenvalue weighted by molar-refractivity contribution is -0.141. The maximum atomic E-state index is 11.4. The summed E-state index contributed by atoms with van der Waals surface area (Å²) in [4.78, 5) is 11.4. The molecule has 0 atom stereocenters. The summed E-state index contributed by atoms with van der Waals surface area (Å²) in [6, 6.07) is -2.94. The molecule has 0 heterocycles. The molecule has 27 heavy (non-hydrogen) atoms. The zero-order valence-corrected chi connectivity index (χ0v) is 20.7. The van der Waals surface area contributed by atoms with Crippen LogP contribution in [0, 0.1) is 0 Å². The molecule has 0 saturated carbocycles. The van der Waals surface area contributed by atoms with Crippen molar-refractivity contribution in [3.63, 3.8) is 0 Å². The highest BCUT2D eigenvalue weighted by Gasteiger charge is 2.29. The summed E-state index contributed by atoms with van der Waals surface area (Å²) >= 11 is 17.0. The van der Waals surface area contributed by atoms with Crippen LogP contribution in [0.5, 0.6) is 0 Å². The highest BCUT2D eigenvalue weighted by Crippen LogP contribution is 2.25. The number of carbonyl (C=O) groups excluding carboxylic acids is 1. The van der Waals surface area contributed by atoms with Crippen LogP contribution in [0.15, 0.2) is 0 Å². The fourth-order valence-corrected chi connectivity index (χ4v) is 4.64. The molecule has 162 valence electrons. The maximum absolute atomic E-state index is 11.4. The van der Waals surface area contributed by atoms with Crippen molar-refractivity contribution in [1.29, 1.82) is 0 Å². The highest BCUT2D eigenvalue weighted by atomic mass is 35.8. The van der Waals surface area contributed by atoms with Gasteiger partial charge in [-0.25, -0.2) is 0 Å². The van der Waals surface area contributed by atoms with Crippen molar-refractivity contribution < 1.29 is 9.53 Å². The van der Waals surface area contributed by atoms with Gasteiger partial charge in [0.25, 0.3) is 0 Å². The summed E-state index contributed by atoms with van der Waals surface area (Å²) in [5, 5.41) is 0. The number of esters is 1. The first-order valence-corrected chi connectivity index (χ1v) is 16.4. The van der Waals surface area contributed by atoms with E-state index in [1.165, 1.54) is 96.3 Å². The molecule has 0 aliphatic rings. The van der Waals surface area contributed by atoms with Crippen LogP contribution in [0.25, 0.3) is 0 Å². The van der Waals surface area contributed by atoms with Gasteiger partial charge in [0.05, 0.1) is 12.7 Å². The molecule has 0 aromatic rings. The minimum Gasteiger partial charge on any atom is -0.466 e. The lowest BCUT2D eigenvalue weighted by Crippen LogP contribution is -2.18. The minimum absolute atomic E-state index is 0.0450. The van der Waals surface area contributed by atoms with Crippen molar-refractivity contribution in [2.45, 2.75) is 122 Å². The SMILES string of the molecule is CCCCCCCCCCCCCCCCCCCOC(=O)C[Si](Cl)(Cl)Cl. The largest absolute Gasteiger partial charge is 0.466 e. The molecule has 0 unspecified atom stereocenters. The van der Waals surface area contributed by atoms with Gasteiger partial charge in [0.2, 0.25) is 0 Å². The molecule has 0 aliphatic heterocycles.